The second-order valence-corrected chi connectivity index (χ2v) is 6.28. The molecule has 0 spiro atoms. The van der Waals surface area contributed by atoms with E-state index < -0.39 is 17.4 Å². The van der Waals surface area contributed by atoms with Crippen LogP contribution in [0.2, 0.25) is 0 Å². The van der Waals surface area contributed by atoms with E-state index in [1.165, 1.54) is 14.2 Å². The molecule has 8 radical (unpaired) electrons. The van der Waals surface area contributed by atoms with Crippen molar-refractivity contribution in [3.63, 3.8) is 0 Å². The van der Waals surface area contributed by atoms with Crippen molar-refractivity contribution in [1.29, 1.82) is 0 Å². The van der Waals surface area contributed by atoms with Gasteiger partial charge in [0.25, 0.3) is 0 Å². The van der Waals surface area contributed by atoms with Crippen LogP contribution >= 0.6 is 0 Å². The Kier molecular flexibility index (Phi) is 10.5. The summed E-state index contributed by atoms with van der Waals surface area (Å²) >= 11 is 0. The minimum absolute atomic E-state index is 0. The Balaban J connectivity index is 0.000000567. The topological polar surface area (TPSA) is 52.6 Å². The van der Waals surface area contributed by atoms with Gasteiger partial charge < -0.3 is 9.47 Å². The number of hydrogen-bond acceptors (Lipinski definition) is 4. The fraction of sp³-hybridized carbons (Fsp3) is 0.261. The predicted octanol–water partition coefficient (Wildman–Crippen LogP) is 3.90. The molecule has 0 unspecified atom stereocenters. The molecule has 0 N–H and O–H groups in total. The van der Waals surface area contributed by atoms with Crippen molar-refractivity contribution in [2.24, 2.45) is 5.41 Å². The summed E-state index contributed by atoms with van der Waals surface area (Å²) in [7, 11) is 2.59. The molecule has 3 rings (SSSR count). The second-order valence-electron chi connectivity index (χ2n) is 6.28. The normalized spacial score (nSPS) is 19.3. The summed E-state index contributed by atoms with van der Waals surface area (Å²) < 4.78 is 9.72. The van der Waals surface area contributed by atoms with Crippen LogP contribution in [-0.2, 0) is 35.8 Å². The molecule has 2 aliphatic carbocycles. The van der Waals surface area contributed by atoms with E-state index in [1.807, 2.05) is 81.9 Å². The molecule has 0 heterocycles. The molecular formula is C23H25CoO4. The minimum atomic E-state index is -1.27. The van der Waals surface area contributed by atoms with Gasteiger partial charge in [-0.15, -0.1) is 0 Å². The van der Waals surface area contributed by atoms with Crippen LogP contribution in [-0.4, -0.2) is 26.2 Å². The molecule has 0 saturated heterocycles. The summed E-state index contributed by atoms with van der Waals surface area (Å²) in [6, 6.07) is 9.81. The van der Waals surface area contributed by atoms with Gasteiger partial charge in [-0.1, -0.05) is 42.0 Å². The summed E-state index contributed by atoms with van der Waals surface area (Å²) in [6.07, 6.45) is 14.5. The fourth-order valence-corrected chi connectivity index (χ4v) is 3.20. The van der Waals surface area contributed by atoms with Crippen molar-refractivity contribution in [3.8, 4) is 0 Å². The first-order valence-electron chi connectivity index (χ1n) is 8.82. The largest absolute Gasteiger partial charge is 0.468 e. The van der Waals surface area contributed by atoms with E-state index in [4.69, 9.17) is 9.47 Å². The van der Waals surface area contributed by atoms with Crippen LogP contribution < -0.4 is 0 Å². The Labute approximate surface area is 179 Å². The number of carbonyl (C=O) groups excluding carboxylic acids is 2. The van der Waals surface area contributed by atoms with E-state index in [0.29, 0.717) is 12.8 Å². The van der Waals surface area contributed by atoms with E-state index in [2.05, 4.69) is 0 Å². The molecule has 28 heavy (non-hydrogen) atoms. The smallest absolute Gasteiger partial charge is 0.323 e. The maximum Gasteiger partial charge on any atom is 0.323 e. The molecule has 0 bridgehead atoms. The van der Waals surface area contributed by atoms with Crippen LogP contribution in [0.25, 0.3) is 0 Å². The average molecular weight is 424 g/mol. The van der Waals surface area contributed by atoms with Gasteiger partial charge in [-0.3, -0.25) is 9.59 Å². The number of hydrogen-bond donors (Lipinski definition) is 0. The SMILES string of the molecule is C/C=C1\CC(C(=O)OC)(C(=O)OC)C[C]1[CH]c1ccccc1.[CH]1[CH][CH][CH][CH]1.[Co]. The zero-order chi connectivity index (χ0) is 19.7. The van der Waals surface area contributed by atoms with Gasteiger partial charge in [-0.25, -0.2) is 0 Å². The molecule has 0 aromatic heterocycles. The van der Waals surface area contributed by atoms with Gasteiger partial charge in [0.1, 0.15) is 0 Å². The van der Waals surface area contributed by atoms with Gasteiger partial charge in [-0.05, 0) is 57.4 Å². The van der Waals surface area contributed by atoms with Crippen LogP contribution in [0.3, 0.4) is 0 Å². The Morgan fingerprint density at radius 2 is 1.39 bits per heavy atom. The summed E-state index contributed by atoms with van der Waals surface area (Å²) in [5, 5.41) is 0. The first-order valence-corrected chi connectivity index (χ1v) is 8.82. The van der Waals surface area contributed by atoms with Crippen molar-refractivity contribution in [3.05, 3.63) is 92.0 Å². The average Bonchev–Trinajstić information content (AvgIpc) is 3.40. The van der Waals surface area contributed by atoms with Crippen molar-refractivity contribution in [2.45, 2.75) is 19.8 Å². The maximum absolute atomic E-state index is 12.2. The number of rotatable bonds is 4. The molecule has 0 amide bonds. The molecule has 1 aromatic rings. The number of allylic oxidation sites excluding steroid dienone is 2. The van der Waals surface area contributed by atoms with Gasteiger partial charge in [0.2, 0.25) is 0 Å². The van der Waals surface area contributed by atoms with Crippen LogP contribution in [0.15, 0.2) is 42.0 Å². The second kappa shape index (κ2) is 12.1. The van der Waals surface area contributed by atoms with Gasteiger partial charge in [0.15, 0.2) is 5.41 Å². The summed E-state index contributed by atoms with van der Waals surface area (Å²) in [5.41, 5.74) is 0.730. The van der Waals surface area contributed by atoms with E-state index in [0.717, 1.165) is 17.1 Å². The first-order chi connectivity index (χ1) is 13.1. The van der Waals surface area contributed by atoms with Crippen LogP contribution in [0, 0.1) is 49.9 Å². The van der Waals surface area contributed by atoms with Gasteiger partial charge in [-0.2, -0.15) is 0 Å². The molecule has 1 aromatic carbocycles. The monoisotopic (exact) mass is 424 g/mol. The molecule has 150 valence electrons. The van der Waals surface area contributed by atoms with Crippen molar-refractivity contribution < 1.29 is 35.8 Å². The number of methoxy groups -OCH3 is 2. The van der Waals surface area contributed by atoms with Gasteiger partial charge >= 0.3 is 11.9 Å². The summed E-state index contributed by atoms with van der Waals surface area (Å²) in [4.78, 5) is 24.4. The first kappa shape index (κ1) is 24.4. The van der Waals surface area contributed by atoms with Crippen LogP contribution in [0.5, 0.6) is 0 Å². The standard InChI is InChI=1S/C18H20O4.C5H5.Co/c1-4-14-11-18(16(19)21-2,17(20)22-3)12-15(14)10-13-8-6-5-7-9-13;1-2-4-5-3-1;/h4-10H,11-12H2,1-3H3;1-5H;/b14-4+;;. The number of carbonyl (C=O) groups is 2. The third kappa shape index (κ3) is 5.95. The quantitative estimate of drug-likeness (QED) is 0.544. The van der Waals surface area contributed by atoms with Gasteiger partial charge in [0.05, 0.1) is 14.2 Å². The Hall–Kier alpha value is -1.59. The molecule has 0 aliphatic heterocycles. The molecule has 2 fully saturated rings. The molecule has 0 atom stereocenters. The Bertz CT molecular complexity index is 626. The number of esters is 2. The van der Waals surface area contributed by atoms with Crippen molar-refractivity contribution in [1.82, 2.24) is 0 Å². The van der Waals surface area contributed by atoms with Crippen LogP contribution in [0.4, 0.5) is 0 Å². The summed E-state index contributed by atoms with van der Waals surface area (Å²) in [5.74, 6) is -0.130. The molecule has 2 aliphatic rings. The van der Waals surface area contributed by atoms with Crippen molar-refractivity contribution in [2.75, 3.05) is 14.2 Å². The third-order valence-corrected chi connectivity index (χ3v) is 4.59. The number of ether oxygens (including phenoxy) is 2. The molecule has 5 heteroatoms. The van der Waals surface area contributed by atoms with E-state index in [-0.39, 0.29) is 16.8 Å². The molecule has 2 saturated carbocycles. The molecule has 4 nitrogen and oxygen atoms in total. The van der Waals surface area contributed by atoms with Crippen LogP contribution in [0.1, 0.15) is 25.3 Å². The predicted molar refractivity (Wildman–Crippen MR) is 104 cm³/mol. The zero-order valence-electron chi connectivity index (χ0n) is 16.3. The fourth-order valence-electron chi connectivity index (χ4n) is 3.20. The number of benzene rings is 1. The maximum atomic E-state index is 12.2. The van der Waals surface area contributed by atoms with E-state index in [9.17, 15) is 9.59 Å². The van der Waals surface area contributed by atoms with Gasteiger partial charge in [0, 0.05) is 29.1 Å². The third-order valence-electron chi connectivity index (χ3n) is 4.59. The Morgan fingerprint density at radius 3 is 1.82 bits per heavy atom. The van der Waals surface area contributed by atoms with Crippen molar-refractivity contribution >= 4 is 11.9 Å². The molecular weight excluding hydrogens is 399 g/mol. The Morgan fingerprint density at radius 1 is 0.893 bits per heavy atom. The minimum Gasteiger partial charge on any atom is -0.468 e. The van der Waals surface area contributed by atoms with E-state index in [1.54, 1.807) is 0 Å². The summed E-state index contributed by atoms with van der Waals surface area (Å²) in [6.45, 7) is 1.90. The zero-order valence-corrected chi connectivity index (χ0v) is 17.3. The van der Waals surface area contributed by atoms with E-state index >= 15 is 0 Å².